The van der Waals surface area contributed by atoms with E-state index in [9.17, 15) is 0 Å². The van der Waals surface area contributed by atoms with Crippen molar-refractivity contribution in [3.8, 4) is 5.75 Å². The topological polar surface area (TPSA) is 30.5 Å². The lowest BCUT2D eigenvalue weighted by Crippen LogP contribution is -2.38. The van der Waals surface area contributed by atoms with Crippen LogP contribution in [0.5, 0.6) is 5.75 Å². The van der Waals surface area contributed by atoms with Crippen LogP contribution in [-0.4, -0.2) is 25.9 Å². The summed E-state index contributed by atoms with van der Waals surface area (Å²) in [4.78, 5) is 0. The van der Waals surface area contributed by atoms with Gasteiger partial charge in [-0.2, -0.15) is 0 Å². The molecule has 1 fully saturated rings. The van der Waals surface area contributed by atoms with Crippen LogP contribution in [0.15, 0.2) is 24.3 Å². The van der Waals surface area contributed by atoms with Gasteiger partial charge in [0.25, 0.3) is 0 Å². The summed E-state index contributed by atoms with van der Waals surface area (Å²) in [6.45, 7) is 3.97. The average molecular weight is 249 g/mol. The van der Waals surface area contributed by atoms with E-state index in [1.165, 1.54) is 5.56 Å². The van der Waals surface area contributed by atoms with Crippen LogP contribution in [0.25, 0.3) is 0 Å². The lowest BCUT2D eigenvalue weighted by Gasteiger charge is -2.29. The highest BCUT2D eigenvalue weighted by Crippen LogP contribution is 2.17. The standard InChI is InChI=1S/C15H23NO2/c1-3-14-10-13(7-8-18-14)16-11-12-5-4-6-15(9-12)17-2/h4-6,9,13-14,16H,3,7-8,10-11H2,1-2H3. The van der Waals surface area contributed by atoms with Crippen LogP contribution in [0, 0.1) is 0 Å². The predicted molar refractivity (Wildman–Crippen MR) is 72.9 cm³/mol. The minimum Gasteiger partial charge on any atom is -0.497 e. The second-order valence-electron chi connectivity index (χ2n) is 4.85. The molecule has 2 atom stereocenters. The molecule has 100 valence electrons. The van der Waals surface area contributed by atoms with Gasteiger partial charge in [-0.05, 0) is 37.0 Å². The minimum absolute atomic E-state index is 0.432. The first-order valence-electron chi connectivity index (χ1n) is 6.79. The molecule has 1 N–H and O–H groups in total. The van der Waals surface area contributed by atoms with Crippen molar-refractivity contribution in [3.05, 3.63) is 29.8 Å². The molecule has 1 aliphatic rings. The zero-order chi connectivity index (χ0) is 12.8. The molecule has 1 heterocycles. The van der Waals surface area contributed by atoms with Crippen molar-refractivity contribution >= 4 is 0 Å². The third-order valence-electron chi connectivity index (χ3n) is 3.55. The van der Waals surface area contributed by atoms with Crippen LogP contribution >= 0.6 is 0 Å². The normalized spacial score (nSPS) is 23.9. The summed E-state index contributed by atoms with van der Waals surface area (Å²) >= 11 is 0. The van der Waals surface area contributed by atoms with Gasteiger partial charge in [0.05, 0.1) is 13.2 Å². The van der Waals surface area contributed by atoms with E-state index in [1.54, 1.807) is 7.11 Å². The highest BCUT2D eigenvalue weighted by Gasteiger charge is 2.20. The van der Waals surface area contributed by atoms with Gasteiger partial charge in [0.2, 0.25) is 0 Å². The van der Waals surface area contributed by atoms with Gasteiger partial charge in [-0.1, -0.05) is 19.1 Å². The Morgan fingerprint density at radius 3 is 3.11 bits per heavy atom. The molecule has 18 heavy (non-hydrogen) atoms. The fourth-order valence-corrected chi connectivity index (χ4v) is 2.39. The van der Waals surface area contributed by atoms with Gasteiger partial charge in [0.1, 0.15) is 5.75 Å². The minimum atomic E-state index is 0.432. The summed E-state index contributed by atoms with van der Waals surface area (Å²) < 4.78 is 10.9. The van der Waals surface area contributed by atoms with Crippen LogP contribution in [0.2, 0.25) is 0 Å². The van der Waals surface area contributed by atoms with Crippen molar-refractivity contribution < 1.29 is 9.47 Å². The van der Waals surface area contributed by atoms with E-state index >= 15 is 0 Å². The molecule has 0 aromatic heterocycles. The van der Waals surface area contributed by atoms with Crippen molar-refractivity contribution in [2.75, 3.05) is 13.7 Å². The first-order chi connectivity index (χ1) is 8.81. The SMILES string of the molecule is CCC1CC(NCc2cccc(OC)c2)CCO1. The van der Waals surface area contributed by atoms with Crippen molar-refractivity contribution in [1.82, 2.24) is 5.32 Å². The number of nitrogens with one attached hydrogen (secondary N) is 1. The van der Waals surface area contributed by atoms with Crippen LogP contribution in [-0.2, 0) is 11.3 Å². The summed E-state index contributed by atoms with van der Waals surface area (Å²) in [5.41, 5.74) is 1.27. The first-order valence-corrected chi connectivity index (χ1v) is 6.79. The van der Waals surface area contributed by atoms with Crippen LogP contribution in [0.3, 0.4) is 0 Å². The van der Waals surface area contributed by atoms with Crippen molar-refractivity contribution in [3.63, 3.8) is 0 Å². The van der Waals surface area contributed by atoms with Gasteiger partial charge >= 0.3 is 0 Å². The number of rotatable bonds is 5. The Morgan fingerprint density at radius 2 is 2.33 bits per heavy atom. The smallest absolute Gasteiger partial charge is 0.119 e. The molecule has 0 saturated carbocycles. The summed E-state index contributed by atoms with van der Waals surface area (Å²) in [6.07, 6.45) is 3.78. The summed E-state index contributed by atoms with van der Waals surface area (Å²) in [5, 5.41) is 3.62. The molecule has 0 spiro atoms. The maximum Gasteiger partial charge on any atom is 0.119 e. The van der Waals surface area contributed by atoms with Gasteiger partial charge in [0.15, 0.2) is 0 Å². The van der Waals surface area contributed by atoms with E-state index in [4.69, 9.17) is 9.47 Å². The average Bonchev–Trinajstić information content (AvgIpc) is 2.45. The fraction of sp³-hybridized carbons (Fsp3) is 0.600. The Bertz CT molecular complexity index is 367. The monoisotopic (exact) mass is 249 g/mol. The highest BCUT2D eigenvalue weighted by atomic mass is 16.5. The molecule has 3 heteroatoms. The van der Waals surface area contributed by atoms with Crippen LogP contribution in [0.1, 0.15) is 31.7 Å². The van der Waals surface area contributed by atoms with Gasteiger partial charge in [-0.15, -0.1) is 0 Å². The van der Waals surface area contributed by atoms with E-state index in [1.807, 2.05) is 12.1 Å². The number of ether oxygens (including phenoxy) is 2. The van der Waals surface area contributed by atoms with Crippen molar-refractivity contribution in [2.45, 2.75) is 44.9 Å². The van der Waals surface area contributed by atoms with Gasteiger partial charge in [-0.25, -0.2) is 0 Å². The van der Waals surface area contributed by atoms with Gasteiger partial charge in [0, 0.05) is 19.2 Å². The molecule has 0 radical (unpaired) electrons. The number of methoxy groups -OCH3 is 1. The molecule has 2 unspecified atom stereocenters. The maximum atomic E-state index is 5.69. The second kappa shape index (κ2) is 6.76. The van der Waals surface area contributed by atoms with Gasteiger partial charge in [-0.3, -0.25) is 0 Å². The number of benzene rings is 1. The molecule has 0 amide bonds. The Hall–Kier alpha value is -1.06. The summed E-state index contributed by atoms with van der Waals surface area (Å²) in [6, 6.07) is 8.81. The molecule has 1 aromatic rings. The zero-order valence-electron chi connectivity index (χ0n) is 11.3. The van der Waals surface area contributed by atoms with E-state index in [2.05, 4.69) is 24.4 Å². The molecule has 0 aliphatic carbocycles. The lowest BCUT2D eigenvalue weighted by molar-refractivity contribution is -0.000321. The Balaban J connectivity index is 1.83. The molecule has 1 aliphatic heterocycles. The van der Waals surface area contributed by atoms with Crippen molar-refractivity contribution in [2.24, 2.45) is 0 Å². The third kappa shape index (κ3) is 3.72. The predicted octanol–water partition coefficient (Wildman–Crippen LogP) is 2.74. The van der Waals surface area contributed by atoms with E-state index in [0.29, 0.717) is 12.1 Å². The van der Waals surface area contributed by atoms with Crippen LogP contribution < -0.4 is 10.1 Å². The zero-order valence-corrected chi connectivity index (χ0v) is 11.3. The number of hydrogen-bond donors (Lipinski definition) is 1. The molecular weight excluding hydrogens is 226 g/mol. The molecule has 3 nitrogen and oxygen atoms in total. The first kappa shape index (κ1) is 13.4. The quantitative estimate of drug-likeness (QED) is 0.870. The molecule has 0 bridgehead atoms. The van der Waals surface area contributed by atoms with E-state index < -0.39 is 0 Å². The highest BCUT2D eigenvalue weighted by molar-refractivity contribution is 5.28. The van der Waals surface area contributed by atoms with E-state index in [0.717, 1.165) is 38.2 Å². The molecule has 1 aromatic carbocycles. The fourth-order valence-electron chi connectivity index (χ4n) is 2.39. The van der Waals surface area contributed by atoms with Crippen molar-refractivity contribution in [1.29, 1.82) is 0 Å². The van der Waals surface area contributed by atoms with Gasteiger partial charge < -0.3 is 14.8 Å². The maximum absolute atomic E-state index is 5.69. The number of hydrogen-bond acceptors (Lipinski definition) is 3. The third-order valence-corrected chi connectivity index (χ3v) is 3.55. The summed E-state index contributed by atoms with van der Waals surface area (Å²) in [7, 11) is 1.71. The molecule has 2 rings (SSSR count). The lowest BCUT2D eigenvalue weighted by atomic mass is 10.0. The molecule has 1 saturated heterocycles. The Kier molecular flexibility index (Phi) is 5.02. The Labute approximate surface area is 109 Å². The molecular formula is C15H23NO2. The van der Waals surface area contributed by atoms with Crippen LogP contribution in [0.4, 0.5) is 0 Å². The van der Waals surface area contributed by atoms with E-state index in [-0.39, 0.29) is 0 Å². The Morgan fingerprint density at radius 1 is 1.44 bits per heavy atom. The second-order valence-corrected chi connectivity index (χ2v) is 4.85. The summed E-state index contributed by atoms with van der Waals surface area (Å²) in [5.74, 6) is 0.924. The largest absolute Gasteiger partial charge is 0.497 e.